The van der Waals surface area contributed by atoms with Crippen LogP contribution >= 0.6 is 0 Å². The molecule has 0 radical (unpaired) electrons. The van der Waals surface area contributed by atoms with E-state index in [0.29, 0.717) is 41.3 Å². The van der Waals surface area contributed by atoms with E-state index in [4.69, 9.17) is 0 Å². The van der Waals surface area contributed by atoms with Crippen molar-refractivity contribution >= 4 is 5.78 Å². The van der Waals surface area contributed by atoms with Crippen molar-refractivity contribution in [2.24, 2.45) is 57.7 Å². The fourth-order valence-corrected chi connectivity index (χ4v) is 9.12. The van der Waals surface area contributed by atoms with Crippen LogP contribution in [-0.4, -0.2) is 28.7 Å². The first-order chi connectivity index (χ1) is 15.4. The van der Waals surface area contributed by atoms with Crippen LogP contribution in [-0.2, 0) is 4.79 Å². The van der Waals surface area contributed by atoms with Crippen molar-refractivity contribution in [3.63, 3.8) is 0 Å². The normalized spacial score (nSPS) is 47.3. The summed E-state index contributed by atoms with van der Waals surface area (Å²) in [4.78, 5) is 14.0. The minimum atomic E-state index is -0.381. The topological polar surface area (TPSA) is 57.5 Å². The summed E-state index contributed by atoms with van der Waals surface area (Å²) in [6.45, 7) is 16.9. The van der Waals surface area contributed by atoms with Gasteiger partial charge in [-0.3, -0.25) is 4.79 Å². The second-order valence-electron chi connectivity index (χ2n) is 13.6. The predicted molar refractivity (Wildman–Crippen MR) is 135 cm³/mol. The largest absolute Gasteiger partial charge is 0.396 e. The molecule has 10 atom stereocenters. The molecule has 0 aromatic rings. The molecular formula is C30H50O3. The van der Waals surface area contributed by atoms with Gasteiger partial charge in [-0.25, -0.2) is 0 Å². The minimum absolute atomic E-state index is 0.0228. The Morgan fingerprint density at radius 2 is 1.76 bits per heavy atom. The smallest absolute Gasteiger partial charge is 0.146 e. The Morgan fingerprint density at radius 1 is 1.06 bits per heavy atom. The highest BCUT2D eigenvalue weighted by Gasteiger charge is 2.62. The number of fused-ring (bicyclic) bond motifs is 1. The number of aliphatic hydroxyl groups excluding tert-OH is 2. The molecule has 188 valence electrons. The van der Waals surface area contributed by atoms with Gasteiger partial charge in [-0.2, -0.15) is 0 Å². The maximum absolute atomic E-state index is 14.0. The Bertz CT molecular complexity index is 785. The Balaban J connectivity index is 1.57. The molecule has 0 aromatic heterocycles. The second kappa shape index (κ2) is 8.77. The second-order valence-corrected chi connectivity index (χ2v) is 13.6. The van der Waals surface area contributed by atoms with Crippen LogP contribution in [0.4, 0.5) is 0 Å². The van der Waals surface area contributed by atoms with E-state index in [2.05, 4.69) is 54.5 Å². The number of carbonyl (C=O) groups excluding carboxylic acids is 1. The van der Waals surface area contributed by atoms with Crippen molar-refractivity contribution in [3.05, 3.63) is 11.6 Å². The highest BCUT2D eigenvalue weighted by molar-refractivity contribution is 5.91. The Hall–Kier alpha value is -0.670. The summed E-state index contributed by atoms with van der Waals surface area (Å²) in [7, 11) is 0. The zero-order valence-corrected chi connectivity index (χ0v) is 22.4. The van der Waals surface area contributed by atoms with Crippen LogP contribution in [0.1, 0.15) is 99.8 Å². The van der Waals surface area contributed by atoms with Crippen LogP contribution in [0.25, 0.3) is 0 Å². The molecule has 0 spiro atoms. The van der Waals surface area contributed by atoms with Gasteiger partial charge in [-0.1, -0.05) is 53.2 Å². The lowest BCUT2D eigenvalue weighted by molar-refractivity contribution is -0.136. The standard InChI is InChI=1S/C30H50O3/c1-18(2)20(4)30(7)17-26(30)19(3)24-10-11-25(29(24,6)14-15-31)23-9-8-21-16-22(32)12-13-28(21,5)27(23)33/h8,18-20,22-26,31-32H,9-17H2,1-7H3/t19-,20+,22-,23+,24+,25-,26+,28-,29+,30+/m0/s1. The molecule has 4 aliphatic carbocycles. The van der Waals surface area contributed by atoms with E-state index in [1.165, 1.54) is 18.4 Å². The summed E-state index contributed by atoms with van der Waals surface area (Å²) >= 11 is 0. The van der Waals surface area contributed by atoms with Gasteiger partial charge >= 0.3 is 0 Å². The predicted octanol–water partition coefficient (Wildman–Crippen LogP) is 6.42. The zero-order valence-electron chi connectivity index (χ0n) is 22.4. The number of rotatable bonds is 7. The quantitative estimate of drug-likeness (QED) is 0.433. The van der Waals surface area contributed by atoms with Gasteiger partial charge in [-0.15, -0.1) is 0 Å². The van der Waals surface area contributed by atoms with Crippen LogP contribution in [0, 0.1) is 57.7 Å². The number of ketones is 1. The molecule has 0 unspecified atom stereocenters. The lowest BCUT2D eigenvalue weighted by Crippen LogP contribution is -2.48. The number of aliphatic hydroxyl groups is 2. The van der Waals surface area contributed by atoms with Gasteiger partial charge in [0.25, 0.3) is 0 Å². The molecular weight excluding hydrogens is 408 g/mol. The first-order valence-corrected chi connectivity index (χ1v) is 13.9. The summed E-state index contributed by atoms with van der Waals surface area (Å²) in [6.07, 6.45) is 9.50. The summed E-state index contributed by atoms with van der Waals surface area (Å²) in [5.41, 5.74) is 1.27. The molecule has 3 saturated carbocycles. The third-order valence-electron chi connectivity index (χ3n) is 11.9. The van der Waals surface area contributed by atoms with Gasteiger partial charge in [0.2, 0.25) is 0 Å². The fraction of sp³-hybridized carbons (Fsp3) is 0.900. The summed E-state index contributed by atoms with van der Waals surface area (Å²) in [5.74, 6) is 4.30. The van der Waals surface area contributed by atoms with Crippen molar-refractivity contribution < 1.29 is 15.0 Å². The lowest BCUT2D eigenvalue weighted by atomic mass is 9.55. The van der Waals surface area contributed by atoms with E-state index in [1.54, 1.807) is 0 Å². The molecule has 0 saturated heterocycles. The van der Waals surface area contributed by atoms with Gasteiger partial charge in [0, 0.05) is 17.9 Å². The molecule has 0 bridgehead atoms. The highest BCUT2D eigenvalue weighted by atomic mass is 16.3. The van der Waals surface area contributed by atoms with Gasteiger partial charge < -0.3 is 10.2 Å². The molecule has 0 aliphatic heterocycles. The van der Waals surface area contributed by atoms with E-state index in [0.717, 1.165) is 43.9 Å². The van der Waals surface area contributed by atoms with E-state index < -0.39 is 0 Å². The van der Waals surface area contributed by atoms with E-state index >= 15 is 0 Å². The van der Waals surface area contributed by atoms with Crippen molar-refractivity contribution in [1.29, 1.82) is 0 Å². The maximum Gasteiger partial charge on any atom is 0.146 e. The third-order valence-corrected chi connectivity index (χ3v) is 11.9. The summed E-state index contributed by atoms with van der Waals surface area (Å²) < 4.78 is 0. The average molecular weight is 459 g/mol. The van der Waals surface area contributed by atoms with Gasteiger partial charge in [0.1, 0.15) is 5.78 Å². The van der Waals surface area contributed by atoms with Gasteiger partial charge in [-0.05, 0) is 105 Å². The van der Waals surface area contributed by atoms with Gasteiger partial charge in [0.05, 0.1) is 6.10 Å². The number of hydrogen-bond acceptors (Lipinski definition) is 3. The van der Waals surface area contributed by atoms with Crippen LogP contribution in [0.5, 0.6) is 0 Å². The van der Waals surface area contributed by atoms with Crippen molar-refractivity contribution in [3.8, 4) is 0 Å². The van der Waals surface area contributed by atoms with Crippen molar-refractivity contribution in [1.82, 2.24) is 0 Å². The summed E-state index contributed by atoms with van der Waals surface area (Å²) in [6, 6.07) is 0. The number of allylic oxidation sites excluding steroid dienone is 1. The molecule has 2 N–H and O–H groups in total. The molecule has 4 aliphatic rings. The van der Waals surface area contributed by atoms with Crippen LogP contribution in [0.3, 0.4) is 0 Å². The summed E-state index contributed by atoms with van der Waals surface area (Å²) in [5, 5.41) is 20.3. The first kappa shape index (κ1) is 25.4. The molecule has 0 amide bonds. The lowest BCUT2D eigenvalue weighted by Gasteiger charge is -2.48. The van der Waals surface area contributed by atoms with Crippen LogP contribution < -0.4 is 0 Å². The van der Waals surface area contributed by atoms with E-state index in [1.807, 2.05) is 0 Å². The Kier molecular flexibility index (Phi) is 6.76. The van der Waals surface area contributed by atoms with Crippen molar-refractivity contribution in [2.45, 2.75) is 106 Å². The minimum Gasteiger partial charge on any atom is -0.396 e. The Labute approximate surface area is 202 Å². The van der Waals surface area contributed by atoms with E-state index in [-0.39, 0.29) is 29.5 Å². The van der Waals surface area contributed by atoms with Gasteiger partial charge in [0.15, 0.2) is 0 Å². The molecule has 33 heavy (non-hydrogen) atoms. The highest BCUT2D eigenvalue weighted by Crippen LogP contribution is 2.68. The first-order valence-electron chi connectivity index (χ1n) is 13.9. The molecule has 0 aromatic carbocycles. The average Bonchev–Trinajstić information content (AvgIpc) is 3.34. The number of carbonyl (C=O) groups is 1. The maximum atomic E-state index is 14.0. The zero-order chi connectivity index (χ0) is 24.3. The molecule has 3 heteroatoms. The molecule has 4 rings (SSSR count). The third kappa shape index (κ3) is 3.98. The number of hydrogen-bond donors (Lipinski definition) is 2. The van der Waals surface area contributed by atoms with Crippen molar-refractivity contribution in [2.75, 3.05) is 6.61 Å². The SMILES string of the molecule is CC(C)[C@@H](C)[C@@]1(C)C[C@@H]1[C@@H](C)[C@H]1CC[C@@H]([C@H]2CC=C3C[C@@H](O)CC[C@]3(C)C2=O)[C@]1(C)CCO. The molecule has 3 fully saturated rings. The molecule has 0 heterocycles. The monoisotopic (exact) mass is 458 g/mol. The fourth-order valence-electron chi connectivity index (χ4n) is 9.12. The van der Waals surface area contributed by atoms with E-state index in [9.17, 15) is 15.0 Å². The van der Waals surface area contributed by atoms with Crippen LogP contribution in [0.2, 0.25) is 0 Å². The number of Topliss-reactive ketones (excluding diaryl/α,β-unsaturated/α-hetero) is 1. The van der Waals surface area contributed by atoms with Crippen LogP contribution in [0.15, 0.2) is 11.6 Å². The molecule has 3 nitrogen and oxygen atoms in total. The Morgan fingerprint density at radius 3 is 2.39 bits per heavy atom.